The Kier molecular flexibility index (Phi) is 4.09. The van der Waals surface area contributed by atoms with Crippen molar-refractivity contribution in [3.05, 3.63) is 48.4 Å². The predicted molar refractivity (Wildman–Crippen MR) is 95.9 cm³/mol. The van der Waals surface area contributed by atoms with E-state index in [2.05, 4.69) is 15.3 Å². The summed E-state index contributed by atoms with van der Waals surface area (Å²) in [5.74, 6) is -0.104. The molecule has 2 N–H and O–H groups in total. The van der Waals surface area contributed by atoms with Crippen LogP contribution in [0.1, 0.15) is 42.5 Å². The van der Waals surface area contributed by atoms with Crippen LogP contribution in [0.2, 0.25) is 0 Å². The summed E-state index contributed by atoms with van der Waals surface area (Å²) in [7, 11) is 0. The van der Waals surface area contributed by atoms with Gasteiger partial charge in [0, 0.05) is 24.0 Å². The molecule has 1 aliphatic carbocycles. The smallest absolute Gasteiger partial charge is 0.336 e. The number of aromatic nitrogens is 3. The van der Waals surface area contributed by atoms with Crippen LogP contribution in [0.25, 0.3) is 16.9 Å². The molecular formula is C19H20N4O2. The fraction of sp³-hybridized carbons (Fsp3) is 0.316. The molecule has 1 aromatic carbocycles. The molecule has 128 valence electrons. The highest BCUT2D eigenvalue weighted by Gasteiger charge is 2.22. The molecular weight excluding hydrogens is 316 g/mol. The number of carboxylic acid groups (broad SMARTS) is 1. The maximum Gasteiger partial charge on any atom is 0.336 e. The maximum absolute atomic E-state index is 11.6. The third kappa shape index (κ3) is 2.95. The molecule has 0 atom stereocenters. The van der Waals surface area contributed by atoms with Crippen molar-refractivity contribution in [1.82, 2.24) is 14.4 Å². The van der Waals surface area contributed by atoms with E-state index < -0.39 is 5.97 Å². The Bertz CT molecular complexity index is 913. The summed E-state index contributed by atoms with van der Waals surface area (Å²) in [6, 6.07) is 7.39. The molecule has 1 saturated carbocycles. The number of benzene rings is 1. The summed E-state index contributed by atoms with van der Waals surface area (Å²) in [4.78, 5) is 20.4. The molecule has 0 spiro atoms. The van der Waals surface area contributed by atoms with Crippen molar-refractivity contribution in [2.45, 2.75) is 38.1 Å². The van der Waals surface area contributed by atoms with Gasteiger partial charge < -0.3 is 10.4 Å². The van der Waals surface area contributed by atoms with Gasteiger partial charge in [-0.05, 0) is 18.9 Å². The molecule has 0 bridgehead atoms. The SMILES string of the molecule is O=C(O)c1ccccc1-c1nc2cnccn2c1NC1CCCCC1. The number of nitrogens with one attached hydrogen (secondary N) is 1. The van der Waals surface area contributed by atoms with E-state index in [4.69, 9.17) is 0 Å². The van der Waals surface area contributed by atoms with Gasteiger partial charge in [-0.15, -0.1) is 0 Å². The van der Waals surface area contributed by atoms with Crippen LogP contribution in [0.3, 0.4) is 0 Å². The Morgan fingerprint density at radius 2 is 2.00 bits per heavy atom. The molecule has 6 heteroatoms. The molecule has 6 nitrogen and oxygen atoms in total. The van der Waals surface area contributed by atoms with Gasteiger partial charge in [-0.25, -0.2) is 9.78 Å². The molecule has 0 radical (unpaired) electrons. The van der Waals surface area contributed by atoms with Gasteiger partial charge >= 0.3 is 5.97 Å². The first-order valence-electron chi connectivity index (χ1n) is 8.65. The Morgan fingerprint density at radius 1 is 1.20 bits per heavy atom. The molecule has 2 aromatic heterocycles. The van der Waals surface area contributed by atoms with Crippen molar-refractivity contribution in [3.63, 3.8) is 0 Å². The molecule has 1 fully saturated rings. The predicted octanol–water partition coefficient (Wildman–Crippen LogP) is 3.84. The van der Waals surface area contributed by atoms with Crippen LogP contribution in [-0.4, -0.2) is 31.5 Å². The molecule has 0 amide bonds. The lowest BCUT2D eigenvalue weighted by Gasteiger charge is -2.24. The molecule has 2 heterocycles. The van der Waals surface area contributed by atoms with E-state index in [1.807, 2.05) is 22.7 Å². The van der Waals surface area contributed by atoms with Gasteiger partial charge in [-0.3, -0.25) is 9.38 Å². The van der Waals surface area contributed by atoms with Crippen molar-refractivity contribution in [3.8, 4) is 11.3 Å². The van der Waals surface area contributed by atoms with Gasteiger partial charge in [0.05, 0.1) is 11.8 Å². The molecule has 25 heavy (non-hydrogen) atoms. The minimum Gasteiger partial charge on any atom is -0.478 e. The first-order valence-corrected chi connectivity index (χ1v) is 8.65. The van der Waals surface area contributed by atoms with Gasteiger partial charge in [0.2, 0.25) is 0 Å². The molecule has 1 aliphatic rings. The minimum absolute atomic E-state index is 0.255. The average molecular weight is 336 g/mol. The van der Waals surface area contributed by atoms with Gasteiger partial charge in [-0.1, -0.05) is 37.5 Å². The van der Waals surface area contributed by atoms with Crippen molar-refractivity contribution in [2.24, 2.45) is 0 Å². The van der Waals surface area contributed by atoms with E-state index in [1.165, 1.54) is 19.3 Å². The number of nitrogens with zero attached hydrogens (tertiary/aromatic N) is 3. The second-order valence-corrected chi connectivity index (χ2v) is 6.44. The van der Waals surface area contributed by atoms with Crippen LogP contribution in [0.4, 0.5) is 5.82 Å². The second-order valence-electron chi connectivity index (χ2n) is 6.44. The third-order valence-corrected chi connectivity index (χ3v) is 4.79. The maximum atomic E-state index is 11.6. The number of rotatable bonds is 4. The van der Waals surface area contributed by atoms with Crippen molar-refractivity contribution < 1.29 is 9.90 Å². The van der Waals surface area contributed by atoms with Crippen LogP contribution in [0, 0.1) is 0 Å². The Morgan fingerprint density at radius 3 is 2.80 bits per heavy atom. The van der Waals surface area contributed by atoms with Crippen LogP contribution in [-0.2, 0) is 0 Å². The second kappa shape index (κ2) is 6.55. The number of imidazole rings is 1. The Balaban J connectivity index is 1.86. The lowest BCUT2D eigenvalue weighted by atomic mass is 9.95. The van der Waals surface area contributed by atoms with Crippen molar-refractivity contribution >= 4 is 17.4 Å². The van der Waals surface area contributed by atoms with Gasteiger partial charge in [0.15, 0.2) is 5.65 Å². The fourth-order valence-corrected chi connectivity index (χ4v) is 3.55. The van der Waals surface area contributed by atoms with E-state index in [0.29, 0.717) is 22.9 Å². The molecule has 0 aliphatic heterocycles. The Hall–Kier alpha value is -2.89. The van der Waals surface area contributed by atoms with Crippen molar-refractivity contribution in [1.29, 1.82) is 0 Å². The van der Waals surface area contributed by atoms with E-state index in [9.17, 15) is 9.90 Å². The zero-order chi connectivity index (χ0) is 17.2. The summed E-state index contributed by atoms with van der Waals surface area (Å²) in [5.41, 5.74) is 2.25. The zero-order valence-corrected chi connectivity index (χ0v) is 13.9. The van der Waals surface area contributed by atoms with E-state index in [0.717, 1.165) is 18.7 Å². The van der Waals surface area contributed by atoms with E-state index >= 15 is 0 Å². The summed E-state index contributed by atoms with van der Waals surface area (Å²) in [5, 5.41) is 13.2. The standard InChI is InChI=1S/C19H20N4O2/c24-19(25)15-9-5-4-8-14(15)17-18(21-13-6-2-1-3-7-13)23-11-10-20-12-16(23)22-17/h4-5,8-13,21H,1-3,6-7H2,(H,24,25). The third-order valence-electron chi connectivity index (χ3n) is 4.79. The van der Waals surface area contributed by atoms with E-state index in [1.54, 1.807) is 24.5 Å². The number of carboxylic acids is 1. The van der Waals surface area contributed by atoms with Crippen LogP contribution < -0.4 is 5.32 Å². The number of hydrogen-bond donors (Lipinski definition) is 2. The van der Waals surface area contributed by atoms with Gasteiger partial charge in [-0.2, -0.15) is 0 Å². The number of fused-ring (bicyclic) bond motifs is 1. The first-order chi connectivity index (χ1) is 12.2. The van der Waals surface area contributed by atoms with Crippen molar-refractivity contribution in [2.75, 3.05) is 5.32 Å². The molecule has 4 rings (SSSR count). The lowest BCUT2D eigenvalue weighted by molar-refractivity contribution is 0.0697. The molecule has 3 aromatic rings. The quantitative estimate of drug-likeness (QED) is 0.757. The monoisotopic (exact) mass is 336 g/mol. The van der Waals surface area contributed by atoms with Gasteiger partial charge in [0.1, 0.15) is 11.5 Å². The van der Waals surface area contributed by atoms with Gasteiger partial charge in [0.25, 0.3) is 0 Å². The summed E-state index contributed by atoms with van der Waals surface area (Å²) >= 11 is 0. The largest absolute Gasteiger partial charge is 0.478 e. The highest BCUT2D eigenvalue weighted by Crippen LogP contribution is 2.33. The summed E-state index contributed by atoms with van der Waals surface area (Å²) in [6.45, 7) is 0. The highest BCUT2D eigenvalue weighted by atomic mass is 16.4. The van der Waals surface area contributed by atoms with Crippen LogP contribution in [0.5, 0.6) is 0 Å². The Labute approximate surface area is 145 Å². The topological polar surface area (TPSA) is 79.5 Å². The zero-order valence-electron chi connectivity index (χ0n) is 13.9. The van der Waals surface area contributed by atoms with E-state index in [-0.39, 0.29) is 5.56 Å². The van der Waals surface area contributed by atoms with Crippen LogP contribution in [0.15, 0.2) is 42.9 Å². The number of aromatic carboxylic acids is 1. The number of carbonyl (C=O) groups is 1. The first kappa shape index (κ1) is 15.6. The average Bonchev–Trinajstić information content (AvgIpc) is 3.01. The highest BCUT2D eigenvalue weighted by molar-refractivity contribution is 5.97. The number of hydrogen-bond acceptors (Lipinski definition) is 4. The molecule has 0 saturated heterocycles. The molecule has 0 unspecified atom stereocenters. The summed E-state index contributed by atoms with van der Waals surface area (Å²) in [6.07, 6.45) is 11.2. The summed E-state index contributed by atoms with van der Waals surface area (Å²) < 4.78 is 1.95. The fourth-order valence-electron chi connectivity index (χ4n) is 3.55. The lowest BCUT2D eigenvalue weighted by Crippen LogP contribution is -2.23. The van der Waals surface area contributed by atoms with Crippen LogP contribution >= 0.6 is 0 Å². The number of anilines is 1. The minimum atomic E-state index is -0.950. The normalized spacial score (nSPS) is 15.4.